The van der Waals surface area contributed by atoms with Crippen molar-refractivity contribution in [2.45, 2.75) is 64.8 Å². The van der Waals surface area contributed by atoms with Crippen molar-refractivity contribution >= 4 is 11.6 Å². The largest absolute Gasteiger partial charge is 0.306 e. The lowest BCUT2D eigenvalue weighted by Gasteiger charge is -2.25. The Morgan fingerprint density at radius 3 is 2.76 bits per heavy atom. The number of halogens is 1. The summed E-state index contributed by atoms with van der Waals surface area (Å²) in [6.45, 7) is 5.35. The molecule has 1 unspecified atom stereocenters. The van der Waals surface area contributed by atoms with Gasteiger partial charge in [-0.3, -0.25) is 0 Å². The molecule has 0 aliphatic heterocycles. The van der Waals surface area contributed by atoms with E-state index in [1.54, 1.807) is 0 Å². The van der Waals surface area contributed by atoms with Crippen LogP contribution in [-0.4, -0.2) is 6.54 Å². The summed E-state index contributed by atoms with van der Waals surface area (Å²) in [4.78, 5) is 0. The molecule has 2 heteroatoms. The lowest BCUT2D eigenvalue weighted by Crippen LogP contribution is -2.24. The Morgan fingerprint density at radius 2 is 2.00 bits per heavy atom. The van der Waals surface area contributed by atoms with Crippen molar-refractivity contribution in [1.82, 2.24) is 5.32 Å². The van der Waals surface area contributed by atoms with Gasteiger partial charge in [0.15, 0.2) is 0 Å². The fraction of sp³-hybridized carbons (Fsp3) is 0.579. The zero-order chi connectivity index (χ0) is 15.1. The molecule has 0 bridgehead atoms. The second-order valence-corrected chi connectivity index (χ2v) is 6.55. The Hall–Kier alpha value is -0.790. The van der Waals surface area contributed by atoms with E-state index in [-0.39, 0.29) is 6.04 Å². The quantitative estimate of drug-likeness (QED) is 0.661. The minimum Gasteiger partial charge on any atom is -0.306 e. The molecule has 1 aliphatic rings. The molecule has 0 amide bonds. The normalized spacial score (nSPS) is 20.2. The molecular formula is C19H28ClN. The van der Waals surface area contributed by atoms with Crippen LogP contribution in [0.25, 0.3) is 0 Å². The maximum Gasteiger partial charge on any atom is 0.0550 e. The van der Waals surface area contributed by atoms with Crippen LogP contribution in [0.2, 0.25) is 5.02 Å². The molecule has 0 spiro atoms. The Bertz CT molecular complexity index is 478. The molecule has 0 saturated carbocycles. The van der Waals surface area contributed by atoms with Gasteiger partial charge in [0.1, 0.15) is 0 Å². The first kappa shape index (κ1) is 16.6. The molecule has 0 saturated heterocycles. The van der Waals surface area contributed by atoms with E-state index in [1.165, 1.54) is 55.2 Å². The Morgan fingerprint density at radius 1 is 1.19 bits per heavy atom. The third kappa shape index (κ3) is 4.86. The lowest BCUT2D eigenvalue weighted by molar-refractivity contribution is 0.541. The van der Waals surface area contributed by atoms with Crippen LogP contribution >= 0.6 is 11.6 Å². The summed E-state index contributed by atoms with van der Waals surface area (Å²) in [5.41, 5.74) is 4.00. The zero-order valence-electron chi connectivity index (χ0n) is 13.4. The molecule has 0 aromatic heterocycles. The number of hydrogen-bond acceptors (Lipinski definition) is 1. The van der Waals surface area contributed by atoms with Gasteiger partial charge < -0.3 is 5.32 Å². The first-order valence-electron chi connectivity index (χ1n) is 8.40. The van der Waals surface area contributed by atoms with E-state index in [1.807, 2.05) is 0 Å². The van der Waals surface area contributed by atoms with E-state index >= 15 is 0 Å². The van der Waals surface area contributed by atoms with Crippen molar-refractivity contribution in [2.24, 2.45) is 0 Å². The molecule has 1 aromatic carbocycles. The highest BCUT2D eigenvalue weighted by molar-refractivity contribution is 6.31. The van der Waals surface area contributed by atoms with E-state index in [0.29, 0.717) is 0 Å². The molecule has 0 radical (unpaired) electrons. The van der Waals surface area contributed by atoms with Crippen LogP contribution in [0.5, 0.6) is 0 Å². The van der Waals surface area contributed by atoms with Gasteiger partial charge in [-0.05, 0) is 62.8 Å². The molecular weight excluding hydrogens is 278 g/mol. The van der Waals surface area contributed by atoms with E-state index in [4.69, 9.17) is 11.6 Å². The van der Waals surface area contributed by atoms with Gasteiger partial charge in [0.2, 0.25) is 0 Å². The van der Waals surface area contributed by atoms with Crippen LogP contribution in [0.4, 0.5) is 0 Å². The van der Waals surface area contributed by atoms with E-state index < -0.39 is 0 Å². The first-order chi connectivity index (χ1) is 10.2. The number of benzene rings is 1. The van der Waals surface area contributed by atoms with Crippen molar-refractivity contribution in [3.05, 3.63) is 46.0 Å². The van der Waals surface area contributed by atoms with Gasteiger partial charge in [0, 0.05) is 5.02 Å². The SMILES string of the molecule is CCCNC(/C1=C/CCCCCC1)c1ccc(C)cc1Cl. The van der Waals surface area contributed by atoms with Crippen LogP contribution in [0.1, 0.15) is 69.0 Å². The van der Waals surface area contributed by atoms with Crippen LogP contribution in [0.3, 0.4) is 0 Å². The molecule has 116 valence electrons. The molecule has 2 rings (SSSR count). The summed E-state index contributed by atoms with van der Waals surface area (Å²) in [7, 11) is 0. The number of aryl methyl sites for hydroxylation is 1. The van der Waals surface area contributed by atoms with Gasteiger partial charge in [0.05, 0.1) is 6.04 Å². The summed E-state index contributed by atoms with van der Waals surface area (Å²) in [6.07, 6.45) is 11.4. The van der Waals surface area contributed by atoms with Crippen molar-refractivity contribution in [3.63, 3.8) is 0 Å². The van der Waals surface area contributed by atoms with Crippen LogP contribution in [0, 0.1) is 6.92 Å². The lowest BCUT2D eigenvalue weighted by atomic mass is 9.90. The second kappa shape index (κ2) is 8.60. The summed E-state index contributed by atoms with van der Waals surface area (Å²) in [6, 6.07) is 6.74. The Balaban J connectivity index is 2.27. The maximum absolute atomic E-state index is 6.53. The van der Waals surface area contributed by atoms with Crippen LogP contribution < -0.4 is 5.32 Å². The smallest absolute Gasteiger partial charge is 0.0550 e. The van der Waals surface area contributed by atoms with E-state index in [0.717, 1.165) is 18.0 Å². The third-order valence-corrected chi connectivity index (χ3v) is 4.59. The number of rotatable bonds is 5. The minimum absolute atomic E-state index is 0.288. The monoisotopic (exact) mass is 305 g/mol. The topological polar surface area (TPSA) is 12.0 Å². The molecule has 1 N–H and O–H groups in total. The highest BCUT2D eigenvalue weighted by Crippen LogP contribution is 2.33. The molecule has 1 aliphatic carbocycles. The first-order valence-corrected chi connectivity index (χ1v) is 8.78. The molecule has 21 heavy (non-hydrogen) atoms. The number of nitrogens with one attached hydrogen (secondary N) is 1. The van der Waals surface area contributed by atoms with Gasteiger partial charge in [-0.15, -0.1) is 0 Å². The Kier molecular flexibility index (Phi) is 6.79. The fourth-order valence-corrected chi connectivity index (χ4v) is 3.42. The van der Waals surface area contributed by atoms with Gasteiger partial charge in [-0.25, -0.2) is 0 Å². The fourth-order valence-electron chi connectivity index (χ4n) is 3.07. The molecule has 0 fully saturated rings. The van der Waals surface area contributed by atoms with Crippen molar-refractivity contribution < 1.29 is 0 Å². The predicted molar refractivity (Wildman–Crippen MR) is 93.0 cm³/mol. The van der Waals surface area contributed by atoms with Crippen molar-refractivity contribution in [3.8, 4) is 0 Å². The predicted octanol–water partition coefficient (Wildman–Crippen LogP) is 5.97. The summed E-state index contributed by atoms with van der Waals surface area (Å²) >= 11 is 6.53. The van der Waals surface area contributed by atoms with Crippen molar-refractivity contribution in [2.75, 3.05) is 6.54 Å². The van der Waals surface area contributed by atoms with Gasteiger partial charge in [0.25, 0.3) is 0 Å². The molecule has 1 nitrogen and oxygen atoms in total. The van der Waals surface area contributed by atoms with E-state index in [9.17, 15) is 0 Å². The average molecular weight is 306 g/mol. The van der Waals surface area contributed by atoms with Gasteiger partial charge in [-0.2, -0.15) is 0 Å². The Labute approximate surface area is 134 Å². The zero-order valence-corrected chi connectivity index (χ0v) is 14.2. The summed E-state index contributed by atoms with van der Waals surface area (Å²) < 4.78 is 0. The van der Waals surface area contributed by atoms with Gasteiger partial charge >= 0.3 is 0 Å². The summed E-state index contributed by atoms with van der Waals surface area (Å²) in [5, 5.41) is 4.61. The van der Waals surface area contributed by atoms with Crippen LogP contribution in [0.15, 0.2) is 29.8 Å². The maximum atomic E-state index is 6.53. The van der Waals surface area contributed by atoms with Crippen LogP contribution in [-0.2, 0) is 0 Å². The second-order valence-electron chi connectivity index (χ2n) is 6.14. The van der Waals surface area contributed by atoms with Crippen molar-refractivity contribution in [1.29, 1.82) is 0 Å². The number of allylic oxidation sites excluding steroid dienone is 1. The average Bonchev–Trinajstić information content (AvgIpc) is 2.42. The third-order valence-electron chi connectivity index (χ3n) is 4.26. The molecule has 1 atom stereocenters. The highest BCUT2D eigenvalue weighted by atomic mass is 35.5. The number of hydrogen-bond donors (Lipinski definition) is 1. The minimum atomic E-state index is 0.288. The van der Waals surface area contributed by atoms with E-state index in [2.05, 4.69) is 43.4 Å². The molecule has 0 heterocycles. The summed E-state index contributed by atoms with van der Waals surface area (Å²) in [5.74, 6) is 0. The standard InChI is InChI=1S/C19H28ClN/c1-3-13-21-19(16-9-7-5-4-6-8-10-16)17-12-11-15(2)14-18(17)20/h9,11-12,14,19,21H,3-8,10,13H2,1-2H3/b16-9+. The highest BCUT2D eigenvalue weighted by Gasteiger charge is 2.19. The van der Waals surface area contributed by atoms with Gasteiger partial charge in [-0.1, -0.05) is 55.1 Å². The molecule has 1 aromatic rings.